The van der Waals surface area contributed by atoms with Crippen LogP contribution in [0.5, 0.6) is 5.75 Å². The Bertz CT molecular complexity index is 478. The molecule has 0 spiro atoms. The van der Waals surface area contributed by atoms with Gasteiger partial charge in [0, 0.05) is 24.8 Å². The van der Waals surface area contributed by atoms with Crippen LogP contribution in [0.4, 0.5) is 5.69 Å². The smallest absolute Gasteiger partial charge is 0.254 e. The summed E-state index contributed by atoms with van der Waals surface area (Å²) < 4.78 is 10.5. The van der Waals surface area contributed by atoms with Crippen molar-refractivity contribution in [2.24, 2.45) is 0 Å². The zero-order chi connectivity index (χ0) is 13.5. The number of benzene rings is 1. The maximum Gasteiger partial charge on any atom is 0.254 e. The monoisotopic (exact) mass is 261 g/mol. The standard InChI is InChI=1S/C13H15N3O3/c14-4-6-18-11-3-1-2-10(8-11)16-13(17)12-9-15-5-7-19-12/h1-3,8,12,15H,5-7,9H2,(H,16,17). The maximum atomic E-state index is 11.9. The van der Waals surface area contributed by atoms with Crippen molar-refractivity contribution in [1.29, 1.82) is 5.26 Å². The Morgan fingerprint density at radius 3 is 3.26 bits per heavy atom. The molecule has 1 heterocycles. The quantitative estimate of drug-likeness (QED) is 0.825. The Balaban J connectivity index is 1.94. The van der Waals surface area contributed by atoms with E-state index in [4.69, 9.17) is 14.7 Å². The van der Waals surface area contributed by atoms with Crippen LogP contribution in [0.25, 0.3) is 0 Å². The Morgan fingerprint density at radius 1 is 1.63 bits per heavy atom. The van der Waals surface area contributed by atoms with E-state index in [1.165, 1.54) is 0 Å². The number of morpholine rings is 1. The minimum Gasteiger partial charge on any atom is -0.479 e. The van der Waals surface area contributed by atoms with Gasteiger partial charge in [-0.2, -0.15) is 5.26 Å². The molecule has 1 aromatic carbocycles. The summed E-state index contributed by atoms with van der Waals surface area (Å²) in [5, 5.41) is 14.3. The van der Waals surface area contributed by atoms with E-state index in [0.29, 0.717) is 24.6 Å². The lowest BCUT2D eigenvalue weighted by atomic mass is 10.2. The average Bonchev–Trinajstić information content (AvgIpc) is 2.46. The van der Waals surface area contributed by atoms with Crippen LogP contribution in [0, 0.1) is 11.3 Å². The number of hydrogen-bond donors (Lipinski definition) is 2. The molecule has 0 saturated carbocycles. The van der Waals surface area contributed by atoms with Crippen molar-refractivity contribution in [3.05, 3.63) is 24.3 Å². The summed E-state index contributed by atoms with van der Waals surface area (Å²) in [6.45, 7) is 1.79. The molecule has 1 aliphatic heterocycles. The molecular formula is C13H15N3O3. The first-order chi connectivity index (χ1) is 9.29. The molecule has 2 rings (SSSR count). The van der Waals surface area contributed by atoms with Gasteiger partial charge < -0.3 is 20.1 Å². The lowest BCUT2D eigenvalue weighted by Gasteiger charge is -2.22. The molecule has 1 saturated heterocycles. The first kappa shape index (κ1) is 13.3. The van der Waals surface area contributed by atoms with E-state index in [2.05, 4.69) is 10.6 Å². The number of anilines is 1. The van der Waals surface area contributed by atoms with E-state index in [9.17, 15) is 4.79 Å². The lowest BCUT2D eigenvalue weighted by Crippen LogP contribution is -2.45. The summed E-state index contributed by atoms with van der Waals surface area (Å²) in [6, 6.07) is 8.80. The van der Waals surface area contributed by atoms with Gasteiger partial charge in [0.05, 0.1) is 6.61 Å². The number of nitrogens with zero attached hydrogens (tertiary/aromatic N) is 1. The van der Waals surface area contributed by atoms with Gasteiger partial charge in [0.15, 0.2) is 6.61 Å². The molecule has 0 aromatic heterocycles. The second kappa shape index (κ2) is 6.73. The Hall–Kier alpha value is -2.10. The highest BCUT2D eigenvalue weighted by Gasteiger charge is 2.21. The van der Waals surface area contributed by atoms with Crippen LogP contribution in [0.1, 0.15) is 0 Å². The number of carbonyl (C=O) groups excluding carboxylic acids is 1. The average molecular weight is 261 g/mol. The topological polar surface area (TPSA) is 83.4 Å². The van der Waals surface area contributed by atoms with Crippen molar-refractivity contribution in [2.45, 2.75) is 6.10 Å². The van der Waals surface area contributed by atoms with Gasteiger partial charge in [0.25, 0.3) is 5.91 Å². The second-order valence-electron chi connectivity index (χ2n) is 4.03. The van der Waals surface area contributed by atoms with E-state index in [1.54, 1.807) is 24.3 Å². The van der Waals surface area contributed by atoms with Crippen molar-refractivity contribution in [3.8, 4) is 11.8 Å². The van der Waals surface area contributed by atoms with E-state index < -0.39 is 6.10 Å². The van der Waals surface area contributed by atoms with Crippen LogP contribution in [0.3, 0.4) is 0 Å². The minimum absolute atomic E-state index is 0.0208. The molecule has 1 aliphatic rings. The molecule has 0 bridgehead atoms. The second-order valence-corrected chi connectivity index (χ2v) is 4.03. The van der Waals surface area contributed by atoms with Crippen molar-refractivity contribution in [2.75, 3.05) is 31.6 Å². The van der Waals surface area contributed by atoms with Gasteiger partial charge in [-0.3, -0.25) is 4.79 Å². The summed E-state index contributed by atoms with van der Waals surface area (Å²) in [5.41, 5.74) is 0.620. The third-order valence-corrected chi connectivity index (χ3v) is 2.62. The fourth-order valence-corrected chi connectivity index (χ4v) is 1.74. The molecule has 100 valence electrons. The zero-order valence-electron chi connectivity index (χ0n) is 10.4. The summed E-state index contributed by atoms with van der Waals surface area (Å²) in [7, 11) is 0. The molecular weight excluding hydrogens is 246 g/mol. The number of rotatable bonds is 4. The number of carbonyl (C=O) groups is 1. The van der Waals surface area contributed by atoms with Crippen LogP contribution < -0.4 is 15.4 Å². The predicted molar refractivity (Wildman–Crippen MR) is 68.8 cm³/mol. The normalized spacial score (nSPS) is 18.4. The van der Waals surface area contributed by atoms with Crippen LogP contribution >= 0.6 is 0 Å². The number of nitrogens with one attached hydrogen (secondary N) is 2. The van der Waals surface area contributed by atoms with Crippen molar-refractivity contribution in [1.82, 2.24) is 5.32 Å². The van der Waals surface area contributed by atoms with Crippen LogP contribution in [-0.2, 0) is 9.53 Å². The number of amides is 1. The first-order valence-electron chi connectivity index (χ1n) is 6.02. The third-order valence-electron chi connectivity index (χ3n) is 2.62. The van der Waals surface area contributed by atoms with E-state index >= 15 is 0 Å². The van der Waals surface area contributed by atoms with Gasteiger partial charge in [-0.25, -0.2) is 0 Å². The SMILES string of the molecule is N#CCOc1cccc(NC(=O)C2CNCCO2)c1. The first-order valence-corrected chi connectivity index (χ1v) is 6.02. The summed E-state index contributed by atoms with van der Waals surface area (Å²) in [5.74, 6) is 0.353. The van der Waals surface area contributed by atoms with Crippen LogP contribution in [0.15, 0.2) is 24.3 Å². The lowest BCUT2D eigenvalue weighted by molar-refractivity contribution is -0.128. The third kappa shape index (κ3) is 3.95. The molecule has 1 atom stereocenters. The Morgan fingerprint density at radius 2 is 2.53 bits per heavy atom. The highest BCUT2D eigenvalue weighted by atomic mass is 16.5. The van der Waals surface area contributed by atoms with E-state index in [1.807, 2.05) is 6.07 Å². The minimum atomic E-state index is -0.475. The van der Waals surface area contributed by atoms with Gasteiger partial charge in [0.1, 0.15) is 17.9 Å². The molecule has 0 radical (unpaired) electrons. The van der Waals surface area contributed by atoms with Crippen LogP contribution in [-0.4, -0.2) is 38.3 Å². The number of ether oxygens (including phenoxy) is 2. The number of hydrogen-bond acceptors (Lipinski definition) is 5. The van der Waals surface area contributed by atoms with Crippen molar-refractivity contribution >= 4 is 11.6 Å². The molecule has 1 unspecified atom stereocenters. The molecule has 0 aliphatic carbocycles. The fourth-order valence-electron chi connectivity index (χ4n) is 1.74. The molecule has 1 amide bonds. The Labute approximate surface area is 111 Å². The van der Waals surface area contributed by atoms with E-state index in [0.717, 1.165) is 6.54 Å². The molecule has 6 heteroatoms. The van der Waals surface area contributed by atoms with Crippen molar-refractivity contribution in [3.63, 3.8) is 0 Å². The molecule has 19 heavy (non-hydrogen) atoms. The van der Waals surface area contributed by atoms with E-state index in [-0.39, 0.29) is 12.5 Å². The van der Waals surface area contributed by atoms with Gasteiger partial charge in [-0.05, 0) is 12.1 Å². The highest BCUT2D eigenvalue weighted by molar-refractivity contribution is 5.94. The summed E-state index contributed by atoms with van der Waals surface area (Å²) in [6.07, 6.45) is -0.475. The summed E-state index contributed by atoms with van der Waals surface area (Å²) >= 11 is 0. The fraction of sp³-hybridized carbons (Fsp3) is 0.385. The van der Waals surface area contributed by atoms with Gasteiger partial charge >= 0.3 is 0 Å². The largest absolute Gasteiger partial charge is 0.479 e. The van der Waals surface area contributed by atoms with Crippen molar-refractivity contribution < 1.29 is 14.3 Å². The summed E-state index contributed by atoms with van der Waals surface area (Å²) in [4.78, 5) is 11.9. The van der Waals surface area contributed by atoms with Crippen LogP contribution in [0.2, 0.25) is 0 Å². The van der Waals surface area contributed by atoms with Gasteiger partial charge in [0.2, 0.25) is 0 Å². The molecule has 6 nitrogen and oxygen atoms in total. The van der Waals surface area contributed by atoms with Gasteiger partial charge in [-0.15, -0.1) is 0 Å². The maximum absolute atomic E-state index is 11.9. The highest BCUT2D eigenvalue weighted by Crippen LogP contribution is 2.17. The zero-order valence-corrected chi connectivity index (χ0v) is 10.4. The Kier molecular flexibility index (Phi) is 4.72. The van der Waals surface area contributed by atoms with Gasteiger partial charge in [-0.1, -0.05) is 6.07 Å². The molecule has 2 N–H and O–H groups in total. The predicted octanol–water partition coefficient (Wildman–Crippen LogP) is 0.516. The molecule has 1 aromatic rings. The number of nitriles is 1. The molecule has 1 fully saturated rings.